The van der Waals surface area contributed by atoms with Crippen molar-refractivity contribution in [1.29, 1.82) is 0 Å². The third-order valence-corrected chi connectivity index (χ3v) is 5.02. The van der Waals surface area contributed by atoms with Crippen LogP contribution in [0.2, 0.25) is 0 Å². The van der Waals surface area contributed by atoms with Crippen LogP contribution in [-0.2, 0) is 12.8 Å². The highest BCUT2D eigenvalue weighted by Gasteiger charge is 2.28. The Labute approximate surface area is 125 Å². The summed E-state index contributed by atoms with van der Waals surface area (Å²) in [4.78, 5) is 0. The Hall–Kier alpha value is -1.64. The molecule has 1 fully saturated rings. The maximum Gasteiger partial charge on any atom is 0.123 e. The summed E-state index contributed by atoms with van der Waals surface area (Å²) in [6.45, 7) is 0. The molecular formula is C18H21FN2. The summed E-state index contributed by atoms with van der Waals surface area (Å²) >= 11 is 0. The number of nitrogens with zero attached hydrogens (tertiary/aromatic N) is 2. The van der Waals surface area contributed by atoms with E-state index in [1.165, 1.54) is 74.0 Å². The first kappa shape index (κ1) is 13.1. The van der Waals surface area contributed by atoms with Gasteiger partial charge in [0.25, 0.3) is 0 Å². The number of benzene rings is 1. The molecule has 0 unspecified atom stereocenters. The second-order valence-corrected chi connectivity index (χ2v) is 6.39. The van der Waals surface area contributed by atoms with Crippen LogP contribution in [0.15, 0.2) is 24.3 Å². The zero-order valence-electron chi connectivity index (χ0n) is 12.3. The van der Waals surface area contributed by atoms with Gasteiger partial charge in [-0.3, -0.25) is 0 Å². The number of halogens is 1. The first-order valence-electron chi connectivity index (χ1n) is 8.19. The van der Waals surface area contributed by atoms with Crippen LogP contribution in [0.5, 0.6) is 0 Å². The van der Waals surface area contributed by atoms with Gasteiger partial charge in [0.2, 0.25) is 0 Å². The van der Waals surface area contributed by atoms with Crippen molar-refractivity contribution < 1.29 is 4.39 Å². The highest BCUT2D eigenvalue weighted by atomic mass is 19.1. The van der Waals surface area contributed by atoms with E-state index in [-0.39, 0.29) is 5.82 Å². The molecule has 2 aromatic rings. The Morgan fingerprint density at radius 3 is 2.48 bits per heavy atom. The molecule has 0 N–H and O–H groups in total. The molecule has 4 rings (SSSR count). The van der Waals surface area contributed by atoms with Gasteiger partial charge in [-0.15, -0.1) is 0 Å². The van der Waals surface area contributed by atoms with Gasteiger partial charge < -0.3 is 0 Å². The molecule has 0 amide bonds. The molecule has 3 heteroatoms. The van der Waals surface area contributed by atoms with Crippen LogP contribution < -0.4 is 0 Å². The van der Waals surface area contributed by atoms with E-state index in [9.17, 15) is 4.39 Å². The van der Waals surface area contributed by atoms with E-state index in [1.807, 2.05) is 12.1 Å². The van der Waals surface area contributed by atoms with E-state index in [1.54, 1.807) is 0 Å². The van der Waals surface area contributed by atoms with Gasteiger partial charge in [0, 0.05) is 11.6 Å². The molecule has 21 heavy (non-hydrogen) atoms. The van der Waals surface area contributed by atoms with Crippen LogP contribution in [0.25, 0.3) is 5.69 Å². The summed E-state index contributed by atoms with van der Waals surface area (Å²) in [5, 5.41) is 4.95. The van der Waals surface area contributed by atoms with Gasteiger partial charge in [0.1, 0.15) is 5.82 Å². The Morgan fingerprint density at radius 1 is 0.952 bits per heavy atom. The fraction of sp³-hybridized carbons (Fsp3) is 0.500. The lowest BCUT2D eigenvalue weighted by Crippen LogP contribution is -2.08. The molecule has 1 aromatic carbocycles. The van der Waals surface area contributed by atoms with Crippen LogP contribution in [0, 0.1) is 5.82 Å². The van der Waals surface area contributed by atoms with Crippen molar-refractivity contribution in [1.82, 2.24) is 9.78 Å². The third kappa shape index (κ3) is 2.29. The zero-order valence-corrected chi connectivity index (χ0v) is 12.3. The van der Waals surface area contributed by atoms with E-state index in [0.717, 1.165) is 12.1 Å². The van der Waals surface area contributed by atoms with Crippen molar-refractivity contribution in [3.63, 3.8) is 0 Å². The Morgan fingerprint density at radius 2 is 1.71 bits per heavy atom. The van der Waals surface area contributed by atoms with Crippen LogP contribution in [0.1, 0.15) is 61.4 Å². The molecule has 110 valence electrons. The summed E-state index contributed by atoms with van der Waals surface area (Å²) in [6.07, 6.45) is 10.1. The van der Waals surface area contributed by atoms with Gasteiger partial charge >= 0.3 is 0 Å². The maximum atomic E-state index is 13.1. The summed E-state index contributed by atoms with van der Waals surface area (Å²) in [6, 6.07) is 6.73. The molecular weight excluding hydrogens is 263 g/mol. The number of rotatable bonds is 2. The van der Waals surface area contributed by atoms with Gasteiger partial charge in [-0.05, 0) is 61.9 Å². The van der Waals surface area contributed by atoms with Crippen molar-refractivity contribution >= 4 is 0 Å². The summed E-state index contributed by atoms with van der Waals surface area (Å²) in [5.41, 5.74) is 5.19. The van der Waals surface area contributed by atoms with E-state index >= 15 is 0 Å². The normalized spacial score (nSPS) is 18.9. The molecule has 0 aliphatic heterocycles. The topological polar surface area (TPSA) is 17.8 Å². The van der Waals surface area contributed by atoms with Gasteiger partial charge in [-0.25, -0.2) is 9.07 Å². The summed E-state index contributed by atoms with van der Waals surface area (Å²) in [5.74, 6) is 0.461. The van der Waals surface area contributed by atoms with Gasteiger partial charge in [0.05, 0.1) is 11.4 Å². The summed E-state index contributed by atoms with van der Waals surface area (Å²) < 4.78 is 15.2. The van der Waals surface area contributed by atoms with E-state index in [2.05, 4.69) is 4.68 Å². The van der Waals surface area contributed by atoms with Crippen molar-refractivity contribution in [2.24, 2.45) is 0 Å². The van der Waals surface area contributed by atoms with Gasteiger partial charge in [-0.2, -0.15) is 5.10 Å². The summed E-state index contributed by atoms with van der Waals surface area (Å²) in [7, 11) is 0. The van der Waals surface area contributed by atoms with Gasteiger partial charge in [-0.1, -0.05) is 19.3 Å². The number of hydrogen-bond acceptors (Lipinski definition) is 1. The third-order valence-electron chi connectivity index (χ3n) is 5.02. The fourth-order valence-electron chi connectivity index (χ4n) is 3.97. The predicted octanol–water partition coefficient (Wildman–Crippen LogP) is 4.55. The number of hydrogen-bond donors (Lipinski definition) is 0. The molecule has 2 nitrogen and oxygen atoms in total. The number of fused-ring (bicyclic) bond motifs is 1. The van der Waals surface area contributed by atoms with Crippen molar-refractivity contribution in [2.45, 2.75) is 57.3 Å². The van der Waals surface area contributed by atoms with Crippen LogP contribution in [0.3, 0.4) is 0 Å². The first-order valence-corrected chi connectivity index (χ1v) is 8.19. The van der Waals surface area contributed by atoms with Crippen molar-refractivity contribution in [3.8, 4) is 5.69 Å². The minimum absolute atomic E-state index is 0.185. The molecule has 2 aliphatic carbocycles. The first-order chi connectivity index (χ1) is 10.3. The molecule has 0 atom stereocenters. The standard InChI is InChI=1S/C18H21FN2/c19-14-9-11-15(12-10-14)21-17-8-4-7-16(17)18(20-21)13-5-2-1-3-6-13/h9-13H,1-8H2. The lowest BCUT2D eigenvalue weighted by molar-refractivity contribution is 0.432. The molecule has 0 saturated heterocycles. The molecule has 1 saturated carbocycles. The van der Waals surface area contributed by atoms with Crippen LogP contribution in [-0.4, -0.2) is 9.78 Å². The lowest BCUT2D eigenvalue weighted by atomic mass is 9.85. The SMILES string of the molecule is Fc1ccc(-n2nc(C3CCCCC3)c3c2CCC3)cc1. The second kappa shape index (κ2) is 5.28. The average molecular weight is 284 g/mol. The van der Waals surface area contributed by atoms with E-state index < -0.39 is 0 Å². The fourth-order valence-corrected chi connectivity index (χ4v) is 3.97. The highest BCUT2D eigenvalue weighted by Crippen LogP contribution is 2.38. The van der Waals surface area contributed by atoms with E-state index in [0.29, 0.717) is 5.92 Å². The molecule has 1 aromatic heterocycles. The molecule has 1 heterocycles. The zero-order chi connectivity index (χ0) is 14.2. The largest absolute Gasteiger partial charge is 0.237 e. The number of aromatic nitrogens is 2. The van der Waals surface area contributed by atoms with Crippen LogP contribution in [0.4, 0.5) is 4.39 Å². The molecule has 0 bridgehead atoms. The highest BCUT2D eigenvalue weighted by molar-refractivity contribution is 5.41. The minimum Gasteiger partial charge on any atom is -0.237 e. The monoisotopic (exact) mass is 284 g/mol. The molecule has 2 aliphatic rings. The minimum atomic E-state index is -0.185. The van der Waals surface area contributed by atoms with Crippen molar-refractivity contribution in [2.75, 3.05) is 0 Å². The van der Waals surface area contributed by atoms with Crippen molar-refractivity contribution in [3.05, 3.63) is 47.0 Å². The maximum absolute atomic E-state index is 13.1. The Kier molecular flexibility index (Phi) is 3.28. The van der Waals surface area contributed by atoms with Gasteiger partial charge in [0.15, 0.2) is 0 Å². The quantitative estimate of drug-likeness (QED) is 0.791. The van der Waals surface area contributed by atoms with Crippen LogP contribution >= 0.6 is 0 Å². The second-order valence-electron chi connectivity index (χ2n) is 6.39. The smallest absolute Gasteiger partial charge is 0.123 e. The Balaban J connectivity index is 1.76. The predicted molar refractivity (Wildman–Crippen MR) is 81.4 cm³/mol. The Bertz CT molecular complexity index is 636. The molecule has 0 radical (unpaired) electrons. The molecule has 0 spiro atoms. The van der Waals surface area contributed by atoms with E-state index in [4.69, 9.17) is 5.10 Å². The lowest BCUT2D eigenvalue weighted by Gasteiger charge is -2.20. The average Bonchev–Trinajstić information content (AvgIpc) is 3.11.